The van der Waals surface area contributed by atoms with Crippen molar-refractivity contribution in [3.8, 4) is 11.4 Å². The monoisotopic (exact) mass is 389 g/mol. The van der Waals surface area contributed by atoms with Gasteiger partial charge in [0.25, 0.3) is 5.69 Å². The molecule has 0 spiro atoms. The van der Waals surface area contributed by atoms with E-state index in [1.165, 1.54) is 12.1 Å². The number of aromatic nitrogens is 2. The molecule has 1 aromatic carbocycles. The first-order valence-electron chi connectivity index (χ1n) is 9.60. The number of nitro benzene ring substituents is 1. The third kappa shape index (κ3) is 6.41. The summed E-state index contributed by atoms with van der Waals surface area (Å²) in [4.78, 5) is 28.8. The molecule has 0 fully saturated rings. The fraction of sp³-hybridized carbons (Fsp3) is 0.526. The van der Waals surface area contributed by atoms with Gasteiger partial charge in [0, 0.05) is 43.6 Å². The summed E-state index contributed by atoms with van der Waals surface area (Å²) in [5.74, 6) is 0.944. The molecule has 0 aliphatic carbocycles. The van der Waals surface area contributed by atoms with Crippen LogP contribution < -0.4 is 5.73 Å². The van der Waals surface area contributed by atoms with Gasteiger partial charge in [-0.15, -0.1) is 0 Å². The van der Waals surface area contributed by atoms with Crippen LogP contribution in [-0.4, -0.2) is 45.5 Å². The second kappa shape index (κ2) is 11.1. The fourth-order valence-corrected chi connectivity index (χ4v) is 2.82. The van der Waals surface area contributed by atoms with Crippen molar-refractivity contribution in [1.82, 2.24) is 15.0 Å². The largest absolute Gasteiger partial charge is 0.342 e. The molecule has 0 atom stereocenters. The van der Waals surface area contributed by atoms with E-state index in [9.17, 15) is 14.9 Å². The quantitative estimate of drug-likeness (QED) is 0.336. The van der Waals surface area contributed by atoms with E-state index in [1.54, 1.807) is 12.1 Å². The molecule has 0 saturated heterocycles. The van der Waals surface area contributed by atoms with E-state index in [0.29, 0.717) is 49.8 Å². The molecule has 1 aromatic heterocycles. The SMILES string of the molecule is CCCN(CCc1nc(-c2ccc([N+](=O)[O-])cc2)no1)C(=O)CCCCCN. The normalized spacial score (nSPS) is 10.8. The first-order chi connectivity index (χ1) is 13.5. The molecular formula is C19H27N5O4. The van der Waals surface area contributed by atoms with Gasteiger partial charge in [-0.1, -0.05) is 18.5 Å². The van der Waals surface area contributed by atoms with E-state index in [2.05, 4.69) is 10.1 Å². The Labute approximate surface area is 164 Å². The first-order valence-corrected chi connectivity index (χ1v) is 9.60. The van der Waals surface area contributed by atoms with Crippen LogP contribution in [0.2, 0.25) is 0 Å². The predicted molar refractivity (Wildman–Crippen MR) is 104 cm³/mol. The van der Waals surface area contributed by atoms with E-state index in [1.807, 2.05) is 11.8 Å². The van der Waals surface area contributed by atoms with Crippen molar-refractivity contribution in [3.05, 3.63) is 40.3 Å². The number of carbonyl (C=O) groups excluding carboxylic acids is 1. The van der Waals surface area contributed by atoms with Crippen molar-refractivity contribution in [2.24, 2.45) is 5.73 Å². The highest BCUT2D eigenvalue weighted by Crippen LogP contribution is 2.20. The zero-order valence-electron chi connectivity index (χ0n) is 16.2. The van der Waals surface area contributed by atoms with Crippen LogP contribution in [0.15, 0.2) is 28.8 Å². The molecule has 0 radical (unpaired) electrons. The summed E-state index contributed by atoms with van der Waals surface area (Å²) in [6.07, 6.45) is 4.62. The van der Waals surface area contributed by atoms with Crippen molar-refractivity contribution in [3.63, 3.8) is 0 Å². The Morgan fingerprint density at radius 1 is 1.21 bits per heavy atom. The minimum Gasteiger partial charge on any atom is -0.342 e. The molecule has 2 N–H and O–H groups in total. The Bertz CT molecular complexity index is 760. The van der Waals surface area contributed by atoms with Gasteiger partial charge < -0.3 is 15.2 Å². The number of nitrogens with two attached hydrogens (primary N) is 1. The van der Waals surface area contributed by atoms with E-state index in [0.717, 1.165) is 25.7 Å². The maximum atomic E-state index is 12.4. The lowest BCUT2D eigenvalue weighted by atomic mass is 10.1. The standard InChI is InChI=1S/C19H27N5O4/c1-2-13-23(18(25)6-4-3-5-12-20)14-11-17-21-19(22-28-17)15-7-9-16(10-8-15)24(26)27/h7-10H,2-6,11-14,20H2,1H3. The molecule has 9 nitrogen and oxygen atoms in total. The lowest BCUT2D eigenvalue weighted by Gasteiger charge is -2.21. The second-order valence-electron chi connectivity index (χ2n) is 6.55. The lowest BCUT2D eigenvalue weighted by Crippen LogP contribution is -2.33. The minimum absolute atomic E-state index is 0.00708. The number of hydrogen-bond donors (Lipinski definition) is 1. The third-order valence-corrected chi connectivity index (χ3v) is 4.34. The van der Waals surface area contributed by atoms with Crippen molar-refractivity contribution < 1.29 is 14.2 Å². The third-order valence-electron chi connectivity index (χ3n) is 4.34. The summed E-state index contributed by atoms with van der Waals surface area (Å²) in [6, 6.07) is 5.97. The zero-order valence-corrected chi connectivity index (χ0v) is 16.2. The van der Waals surface area contributed by atoms with Crippen molar-refractivity contribution >= 4 is 11.6 Å². The number of unbranched alkanes of at least 4 members (excludes halogenated alkanes) is 2. The van der Waals surface area contributed by atoms with E-state index >= 15 is 0 Å². The van der Waals surface area contributed by atoms with Crippen molar-refractivity contribution in [2.75, 3.05) is 19.6 Å². The molecule has 0 unspecified atom stereocenters. The van der Waals surface area contributed by atoms with E-state index in [-0.39, 0.29) is 11.6 Å². The molecule has 1 heterocycles. The van der Waals surface area contributed by atoms with Gasteiger partial charge in [0.1, 0.15) is 0 Å². The Kier molecular flexibility index (Phi) is 8.54. The van der Waals surface area contributed by atoms with Crippen LogP contribution in [0.25, 0.3) is 11.4 Å². The van der Waals surface area contributed by atoms with Crippen LogP contribution in [-0.2, 0) is 11.2 Å². The maximum Gasteiger partial charge on any atom is 0.269 e. The number of amides is 1. The topological polar surface area (TPSA) is 128 Å². The average molecular weight is 389 g/mol. The minimum atomic E-state index is -0.458. The summed E-state index contributed by atoms with van der Waals surface area (Å²) < 4.78 is 5.27. The molecule has 2 aromatic rings. The van der Waals surface area contributed by atoms with Gasteiger partial charge in [0.15, 0.2) is 0 Å². The first kappa shape index (κ1) is 21.5. The van der Waals surface area contributed by atoms with Crippen LogP contribution in [0, 0.1) is 10.1 Å². The lowest BCUT2D eigenvalue weighted by molar-refractivity contribution is -0.384. The van der Waals surface area contributed by atoms with Gasteiger partial charge in [-0.3, -0.25) is 14.9 Å². The van der Waals surface area contributed by atoms with Gasteiger partial charge in [-0.05, 0) is 37.9 Å². The molecule has 9 heteroatoms. The molecule has 0 aliphatic heterocycles. The Morgan fingerprint density at radius 2 is 1.96 bits per heavy atom. The Hall–Kier alpha value is -2.81. The molecule has 1 amide bonds. The second-order valence-corrected chi connectivity index (χ2v) is 6.55. The summed E-state index contributed by atoms with van der Waals surface area (Å²) in [5.41, 5.74) is 6.13. The van der Waals surface area contributed by atoms with Gasteiger partial charge in [-0.25, -0.2) is 0 Å². The number of hydrogen-bond acceptors (Lipinski definition) is 7. The smallest absolute Gasteiger partial charge is 0.269 e. The number of rotatable bonds is 12. The predicted octanol–water partition coefficient (Wildman–Crippen LogP) is 2.95. The Balaban J connectivity index is 1.91. The molecular weight excluding hydrogens is 362 g/mol. The van der Waals surface area contributed by atoms with E-state index < -0.39 is 4.92 Å². The Morgan fingerprint density at radius 3 is 2.61 bits per heavy atom. The highest BCUT2D eigenvalue weighted by atomic mass is 16.6. The average Bonchev–Trinajstić information content (AvgIpc) is 3.17. The fourth-order valence-electron chi connectivity index (χ4n) is 2.82. The van der Waals surface area contributed by atoms with E-state index in [4.69, 9.17) is 10.3 Å². The maximum absolute atomic E-state index is 12.4. The van der Waals surface area contributed by atoms with Crippen LogP contribution in [0.5, 0.6) is 0 Å². The van der Waals surface area contributed by atoms with Gasteiger partial charge in [-0.2, -0.15) is 4.98 Å². The van der Waals surface area contributed by atoms with Gasteiger partial charge >= 0.3 is 0 Å². The van der Waals surface area contributed by atoms with Gasteiger partial charge in [0.2, 0.25) is 17.6 Å². The summed E-state index contributed by atoms with van der Waals surface area (Å²) >= 11 is 0. The molecule has 28 heavy (non-hydrogen) atoms. The number of non-ortho nitro benzene ring substituents is 1. The highest BCUT2D eigenvalue weighted by Gasteiger charge is 2.15. The number of benzene rings is 1. The summed E-state index contributed by atoms with van der Waals surface area (Å²) in [7, 11) is 0. The van der Waals surface area contributed by atoms with Crippen LogP contribution in [0.1, 0.15) is 44.9 Å². The summed E-state index contributed by atoms with van der Waals surface area (Å²) in [6.45, 7) is 3.90. The molecule has 0 aliphatic rings. The molecule has 152 valence electrons. The molecule has 2 rings (SSSR count). The zero-order chi connectivity index (χ0) is 20.4. The molecule has 0 bridgehead atoms. The van der Waals surface area contributed by atoms with Gasteiger partial charge in [0.05, 0.1) is 4.92 Å². The van der Waals surface area contributed by atoms with Crippen LogP contribution >= 0.6 is 0 Å². The van der Waals surface area contributed by atoms with Crippen LogP contribution in [0.4, 0.5) is 5.69 Å². The number of carbonyl (C=O) groups is 1. The van der Waals surface area contributed by atoms with Crippen LogP contribution in [0.3, 0.4) is 0 Å². The number of nitrogens with zero attached hydrogens (tertiary/aromatic N) is 4. The highest BCUT2D eigenvalue weighted by molar-refractivity contribution is 5.76. The molecule has 0 saturated carbocycles. The number of nitro groups is 1. The van der Waals surface area contributed by atoms with Crippen molar-refractivity contribution in [2.45, 2.75) is 45.4 Å². The van der Waals surface area contributed by atoms with Crippen molar-refractivity contribution in [1.29, 1.82) is 0 Å². The summed E-state index contributed by atoms with van der Waals surface area (Å²) in [5, 5.41) is 14.7.